The molecule has 21 heavy (non-hydrogen) atoms. The Hall–Kier alpha value is -1.07. The lowest BCUT2D eigenvalue weighted by atomic mass is 9.81. The number of amides is 1. The molecule has 0 aromatic heterocycles. The molecule has 0 bridgehead atoms. The minimum absolute atomic E-state index is 0.0365. The van der Waals surface area contributed by atoms with Crippen molar-refractivity contribution in [1.82, 2.24) is 4.90 Å². The summed E-state index contributed by atoms with van der Waals surface area (Å²) in [6, 6.07) is 9.52. The van der Waals surface area contributed by atoms with Gasteiger partial charge in [0.25, 0.3) is 0 Å². The number of rotatable bonds is 3. The SMILES string of the molecule is CC(C)(C)C(c1ccccc1)N1CC(S(=O)(=O)Cl)CC1=O. The van der Waals surface area contributed by atoms with Crippen LogP contribution in [0.25, 0.3) is 0 Å². The van der Waals surface area contributed by atoms with E-state index in [1.54, 1.807) is 4.90 Å². The maximum Gasteiger partial charge on any atom is 0.237 e. The molecule has 2 rings (SSSR count). The Morgan fingerprint density at radius 3 is 2.24 bits per heavy atom. The van der Waals surface area contributed by atoms with E-state index >= 15 is 0 Å². The van der Waals surface area contributed by atoms with E-state index in [9.17, 15) is 13.2 Å². The predicted octanol–water partition coefficient (Wildman–Crippen LogP) is 2.94. The Kier molecular flexibility index (Phi) is 4.36. The molecule has 2 atom stereocenters. The van der Waals surface area contributed by atoms with Crippen molar-refractivity contribution in [2.75, 3.05) is 6.54 Å². The van der Waals surface area contributed by atoms with Gasteiger partial charge in [0.1, 0.15) is 5.25 Å². The lowest BCUT2D eigenvalue weighted by Gasteiger charge is -2.38. The molecular weight excluding hydrogens is 310 g/mol. The quantitative estimate of drug-likeness (QED) is 0.801. The lowest BCUT2D eigenvalue weighted by Crippen LogP contribution is -2.38. The van der Waals surface area contributed by atoms with Crippen LogP contribution in [0.1, 0.15) is 38.8 Å². The topological polar surface area (TPSA) is 54.5 Å². The fraction of sp³-hybridized carbons (Fsp3) is 0.533. The van der Waals surface area contributed by atoms with Crippen LogP contribution >= 0.6 is 10.7 Å². The van der Waals surface area contributed by atoms with Crippen molar-refractivity contribution in [3.63, 3.8) is 0 Å². The van der Waals surface area contributed by atoms with Gasteiger partial charge in [0.2, 0.25) is 15.0 Å². The standard InChI is InChI=1S/C15H20ClNO3S/c1-15(2,3)14(11-7-5-4-6-8-11)17-10-12(9-13(17)18)21(16,19)20/h4-8,12,14H,9-10H2,1-3H3. The molecule has 1 aliphatic heterocycles. The summed E-state index contributed by atoms with van der Waals surface area (Å²) in [5.41, 5.74) is 0.799. The first-order valence-electron chi connectivity index (χ1n) is 6.88. The van der Waals surface area contributed by atoms with Crippen LogP contribution in [-0.4, -0.2) is 31.0 Å². The van der Waals surface area contributed by atoms with Crippen LogP contribution in [0.4, 0.5) is 0 Å². The highest BCUT2D eigenvalue weighted by Gasteiger charge is 2.44. The van der Waals surface area contributed by atoms with Crippen LogP contribution in [0, 0.1) is 5.41 Å². The molecule has 1 aromatic rings. The molecule has 6 heteroatoms. The maximum absolute atomic E-state index is 12.3. The van der Waals surface area contributed by atoms with Crippen LogP contribution in [-0.2, 0) is 13.8 Å². The number of hydrogen-bond donors (Lipinski definition) is 0. The molecule has 1 fully saturated rings. The molecule has 1 aromatic carbocycles. The predicted molar refractivity (Wildman–Crippen MR) is 83.5 cm³/mol. The summed E-state index contributed by atoms with van der Waals surface area (Å²) in [7, 11) is 1.71. The zero-order valence-electron chi connectivity index (χ0n) is 12.4. The molecule has 1 amide bonds. The number of carbonyl (C=O) groups excluding carboxylic acids is 1. The Morgan fingerprint density at radius 1 is 1.24 bits per heavy atom. The van der Waals surface area contributed by atoms with Crippen LogP contribution in [0.3, 0.4) is 0 Å². The van der Waals surface area contributed by atoms with Gasteiger partial charge in [-0.1, -0.05) is 51.1 Å². The Balaban J connectivity index is 2.38. The zero-order chi connectivity index (χ0) is 15.8. The average molecular weight is 330 g/mol. The van der Waals surface area contributed by atoms with Gasteiger partial charge in [-0.2, -0.15) is 0 Å². The van der Waals surface area contributed by atoms with Crippen molar-refractivity contribution in [3.05, 3.63) is 35.9 Å². The van der Waals surface area contributed by atoms with Gasteiger partial charge >= 0.3 is 0 Å². The first kappa shape index (κ1) is 16.3. The van der Waals surface area contributed by atoms with Crippen LogP contribution in [0.15, 0.2) is 30.3 Å². The second kappa shape index (κ2) is 5.61. The lowest BCUT2D eigenvalue weighted by molar-refractivity contribution is -0.132. The molecule has 0 radical (unpaired) electrons. The summed E-state index contributed by atoms with van der Waals surface area (Å²) in [5.74, 6) is -0.159. The van der Waals surface area contributed by atoms with Gasteiger partial charge < -0.3 is 4.90 Å². The smallest absolute Gasteiger partial charge is 0.237 e. The van der Waals surface area contributed by atoms with E-state index in [2.05, 4.69) is 0 Å². The Bertz CT molecular complexity index is 622. The van der Waals surface area contributed by atoms with Crippen LogP contribution in [0.2, 0.25) is 0 Å². The number of carbonyl (C=O) groups is 1. The van der Waals surface area contributed by atoms with E-state index in [0.717, 1.165) is 5.56 Å². The molecule has 2 unspecified atom stereocenters. The van der Waals surface area contributed by atoms with Crippen molar-refractivity contribution < 1.29 is 13.2 Å². The minimum Gasteiger partial charge on any atom is -0.334 e. The first-order valence-corrected chi connectivity index (χ1v) is 9.26. The third-order valence-corrected chi connectivity index (χ3v) is 5.64. The molecule has 0 saturated carbocycles. The molecule has 1 saturated heterocycles. The van der Waals surface area contributed by atoms with Crippen molar-refractivity contribution in [3.8, 4) is 0 Å². The number of benzene rings is 1. The fourth-order valence-corrected chi connectivity index (χ4v) is 3.96. The molecule has 0 N–H and O–H groups in total. The van der Waals surface area contributed by atoms with E-state index in [1.807, 2.05) is 51.1 Å². The van der Waals surface area contributed by atoms with Gasteiger partial charge in [-0.3, -0.25) is 4.79 Å². The van der Waals surface area contributed by atoms with Gasteiger partial charge in [-0.25, -0.2) is 8.42 Å². The van der Waals surface area contributed by atoms with Crippen LogP contribution in [0.5, 0.6) is 0 Å². The average Bonchev–Trinajstić information content (AvgIpc) is 2.71. The second-order valence-electron chi connectivity index (χ2n) is 6.53. The first-order chi connectivity index (χ1) is 9.60. The molecule has 0 spiro atoms. The summed E-state index contributed by atoms with van der Waals surface area (Å²) in [5, 5.41) is -0.819. The zero-order valence-corrected chi connectivity index (χ0v) is 14.0. The maximum atomic E-state index is 12.3. The fourth-order valence-electron chi connectivity index (χ4n) is 2.92. The monoisotopic (exact) mass is 329 g/mol. The molecule has 1 aliphatic rings. The van der Waals surface area contributed by atoms with Gasteiger partial charge in [0.05, 0.1) is 6.04 Å². The Labute approximate surface area is 130 Å². The highest BCUT2D eigenvalue weighted by Crippen LogP contribution is 2.41. The summed E-state index contributed by atoms with van der Waals surface area (Å²) in [4.78, 5) is 13.9. The molecular formula is C15H20ClNO3S. The minimum atomic E-state index is -3.72. The number of halogens is 1. The van der Waals surface area contributed by atoms with Gasteiger partial charge in [0.15, 0.2) is 0 Å². The van der Waals surface area contributed by atoms with E-state index in [1.165, 1.54) is 0 Å². The summed E-state index contributed by atoms with van der Waals surface area (Å²) < 4.78 is 23.0. The summed E-state index contributed by atoms with van der Waals surface area (Å²) in [6.45, 7) is 6.28. The summed E-state index contributed by atoms with van der Waals surface area (Å²) in [6.07, 6.45) is -0.0365. The number of nitrogens with zero attached hydrogens (tertiary/aromatic N) is 1. The third-order valence-electron chi connectivity index (χ3n) is 3.77. The van der Waals surface area contributed by atoms with Crippen molar-refractivity contribution in [1.29, 1.82) is 0 Å². The van der Waals surface area contributed by atoms with E-state index in [-0.39, 0.29) is 30.3 Å². The van der Waals surface area contributed by atoms with E-state index in [0.29, 0.717) is 0 Å². The van der Waals surface area contributed by atoms with Crippen molar-refractivity contribution in [2.24, 2.45) is 5.41 Å². The highest BCUT2D eigenvalue weighted by atomic mass is 35.7. The van der Waals surface area contributed by atoms with Crippen LogP contribution < -0.4 is 0 Å². The van der Waals surface area contributed by atoms with E-state index in [4.69, 9.17) is 10.7 Å². The van der Waals surface area contributed by atoms with Gasteiger partial charge in [-0.15, -0.1) is 0 Å². The largest absolute Gasteiger partial charge is 0.334 e. The molecule has 1 heterocycles. The van der Waals surface area contributed by atoms with Crippen molar-refractivity contribution >= 4 is 25.6 Å². The molecule has 116 valence electrons. The second-order valence-corrected chi connectivity index (χ2v) is 9.44. The number of likely N-dealkylation sites (tertiary alicyclic amines) is 1. The van der Waals surface area contributed by atoms with Crippen molar-refractivity contribution in [2.45, 2.75) is 38.5 Å². The molecule has 4 nitrogen and oxygen atoms in total. The third kappa shape index (κ3) is 3.58. The van der Waals surface area contributed by atoms with E-state index < -0.39 is 14.3 Å². The molecule has 0 aliphatic carbocycles. The summed E-state index contributed by atoms with van der Waals surface area (Å²) >= 11 is 0. The van der Waals surface area contributed by atoms with Gasteiger partial charge in [-0.05, 0) is 11.0 Å². The normalized spacial score (nSPS) is 21.6. The Morgan fingerprint density at radius 2 is 1.81 bits per heavy atom. The number of hydrogen-bond acceptors (Lipinski definition) is 3. The van der Waals surface area contributed by atoms with Gasteiger partial charge in [0, 0.05) is 23.6 Å². The highest BCUT2D eigenvalue weighted by molar-refractivity contribution is 8.14.